The molecule has 0 aliphatic carbocycles. The number of nitrogens with zero attached hydrogens (tertiary/aromatic N) is 5. The largest absolute Gasteiger partial charge is 0.364 e. The average molecular weight is 519 g/mol. The smallest absolute Gasteiger partial charge is 0.270 e. The van der Waals surface area contributed by atoms with E-state index in [-0.39, 0.29) is 29.0 Å². The van der Waals surface area contributed by atoms with Crippen LogP contribution in [0.1, 0.15) is 30.7 Å². The fourth-order valence-corrected chi connectivity index (χ4v) is 6.48. The Kier molecular flexibility index (Phi) is 6.43. The Morgan fingerprint density at radius 2 is 1.70 bits per heavy atom. The fraction of sp³-hybridized carbons (Fsp3) is 0.333. The van der Waals surface area contributed by atoms with Crippen molar-refractivity contribution in [3.8, 4) is 6.07 Å². The molecule has 10 heteroatoms. The summed E-state index contributed by atoms with van der Waals surface area (Å²) in [5, 5.41) is 13.8. The summed E-state index contributed by atoms with van der Waals surface area (Å²) in [6.45, 7) is 6.11. The molecule has 9 nitrogen and oxygen atoms in total. The molecule has 192 valence electrons. The molecule has 3 heterocycles. The first kappa shape index (κ1) is 24.9. The van der Waals surface area contributed by atoms with Gasteiger partial charge in [0.2, 0.25) is 0 Å². The second kappa shape index (κ2) is 9.57. The Balaban J connectivity index is 1.34. The zero-order valence-corrected chi connectivity index (χ0v) is 21.9. The molecule has 4 aromatic rings. The normalized spacial score (nSPS) is 18.8. The molecule has 1 N–H and O–H groups in total. The van der Waals surface area contributed by atoms with Crippen LogP contribution in [-0.4, -0.2) is 52.2 Å². The molecule has 0 amide bonds. The van der Waals surface area contributed by atoms with E-state index in [1.807, 2.05) is 42.5 Å². The van der Waals surface area contributed by atoms with Gasteiger partial charge >= 0.3 is 0 Å². The number of hydrogen-bond donors (Lipinski definition) is 1. The number of piperazine rings is 1. The molecule has 0 spiro atoms. The lowest BCUT2D eigenvalue weighted by molar-refractivity contribution is 0.154. The third-order valence-corrected chi connectivity index (χ3v) is 8.68. The lowest BCUT2D eigenvalue weighted by atomic mass is 10.0. The molecule has 0 saturated carbocycles. The highest BCUT2D eigenvalue weighted by Gasteiger charge is 2.33. The number of rotatable bonds is 6. The molecule has 1 fully saturated rings. The van der Waals surface area contributed by atoms with Crippen LogP contribution in [0.25, 0.3) is 10.9 Å². The predicted molar refractivity (Wildman–Crippen MR) is 144 cm³/mol. The summed E-state index contributed by atoms with van der Waals surface area (Å²) in [5.41, 5.74) is 2.94. The third-order valence-electron chi connectivity index (χ3n) is 7.18. The summed E-state index contributed by atoms with van der Waals surface area (Å²) in [6, 6.07) is 19.1. The van der Waals surface area contributed by atoms with Crippen molar-refractivity contribution in [2.75, 3.05) is 18.0 Å². The second-order valence-electron chi connectivity index (χ2n) is 9.80. The van der Waals surface area contributed by atoms with Crippen LogP contribution in [0, 0.1) is 11.3 Å². The highest BCUT2D eigenvalue weighted by molar-refractivity contribution is 7.89. The summed E-state index contributed by atoms with van der Waals surface area (Å²) in [6.07, 6.45) is 1.64. The van der Waals surface area contributed by atoms with Crippen LogP contribution >= 0.6 is 0 Å². The van der Waals surface area contributed by atoms with E-state index < -0.39 is 10.0 Å². The van der Waals surface area contributed by atoms with Gasteiger partial charge in [0, 0.05) is 44.2 Å². The van der Waals surface area contributed by atoms with Crippen molar-refractivity contribution in [3.05, 3.63) is 88.0 Å². The summed E-state index contributed by atoms with van der Waals surface area (Å²) in [7, 11) is -1.80. The molecule has 0 bridgehead atoms. The maximum atomic E-state index is 13.0. The van der Waals surface area contributed by atoms with Crippen LogP contribution in [0.5, 0.6) is 0 Å². The van der Waals surface area contributed by atoms with Gasteiger partial charge in [-0.3, -0.25) is 14.8 Å². The van der Waals surface area contributed by atoms with Gasteiger partial charge in [0.25, 0.3) is 15.6 Å². The molecule has 1 saturated heterocycles. The molecule has 2 aromatic carbocycles. The number of benzene rings is 2. The van der Waals surface area contributed by atoms with Crippen molar-refractivity contribution >= 4 is 26.6 Å². The van der Waals surface area contributed by atoms with Crippen molar-refractivity contribution in [2.24, 2.45) is 7.05 Å². The van der Waals surface area contributed by atoms with Gasteiger partial charge in [-0.2, -0.15) is 9.35 Å². The highest BCUT2D eigenvalue weighted by Crippen LogP contribution is 2.32. The number of fused-ring (bicyclic) bond motifs is 1. The molecule has 1 aliphatic rings. The topological polar surface area (TPSA) is 107 Å². The number of nitrogens with one attached hydrogen (secondary N) is 1. The van der Waals surface area contributed by atoms with Crippen molar-refractivity contribution in [1.29, 1.82) is 5.26 Å². The fourth-order valence-electron chi connectivity index (χ4n) is 5.19. The number of para-hydroxylation sites is 1. The SMILES string of the molecule is C[C@@H]1CN(c2c(C#N)c(=O)n(C)c3ccccc23)[C@@H](C)CN1Cc1cn(S(=O)(=O)Cc2ccccc2)[nH]1. The number of aromatic nitrogens is 3. The minimum absolute atomic E-state index is 0.0393. The molecule has 2 aromatic heterocycles. The number of aryl methyl sites for hydroxylation is 1. The van der Waals surface area contributed by atoms with Gasteiger partial charge in [-0.25, -0.2) is 8.42 Å². The Morgan fingerprint density at radius 3 is 2.41 bits per heavy atom. The van der Waals surface area contributed by atoms with Gasteiger partial charge in [0.15, 0.2) is 0 Å². The van der Waals surface area contributed by atoms with E-state index in [4.69, 9.17) is 0 Å². The van der Waals surface area contributed by atoms with E-state index >= 15 is 0 Å². The van der Waals surface area contributed by atoms with Crippen LogP contribution < -0.4 is 10.5 Å². The van der Waals surface area contributed by atoms with Crippen molar-refractivity contribution in [3.63, 3.8) is 0 Å². The zero-order valence-electron chi connectivity index (χ0n) is 21.1. The van der Waals surface area contributed by atoms with Crippen molar-refractivity contribution < 1.29 is 8.42 Å². The summed E-state index contributed by atoms with van der Waals surface area (Å²) in [5.74, 6) is -0.0670. The molecule has 1 aliphatic heterocycles. The van der Waals surface area contributed by atoms with Gasteiger partial charge in [-0.1, -0.05) is 48.5 Å². The van der Waals surface area contributed by atoms with Gasteiger partial charge < -0.3 is 9.47 Å². The standard InChI is InChI=1S/C27H30N6O3S/c1-19-15-32(26-23-11-7-8-12-25(23)30(3)27(34)24(26)13-28)20(2)14-31(19)16-22-17-33(29-22)37(35,36)18-21-9-5-4-6-10-21/h4-12,17,19-20,29H,14-16,18H2,1-3H3/t19-,20+/m1/s1. The maximum absolute atomic E-state index is 13.0. The first-order valence-corrected chi connectivity index (χ1v) is 13.9. The van der Waals surface area contributed by atoms with Gasteiger partial charge in [0.1, 0.15) is 11.6 Å². The molecule has 0 unspecified atom stereocenters. The Hall–Kier alpha value is -3.81. The van der Waals surface area contributed by atoms with Crippen molar-refractivity contribution in [1.82, 2.24) is 18.7 Å². The first-order valence-electron chi connectivity index (χ1n) is 12.3. The zero-order chi connectivity index (χ0) is 26.3. The van der Waals surface area contributed by atoms with Crippen LogP contribution in [0.15, 0.2) is 65.6 Å². The van der Waals surface area contributed by atoms with Crippen LogP contribution in [-0.2, 0) is 29.4 Å². The number of pyridine rings is 1. The lowest BCUT2D eigenvalue weighted by Crippen LogP contribution is -2.56. The monoisotopic (exact) mass is 518 g/mol. The number of H-pyrrole nitrogens is 1. The Morgan fingerprint density at radius 1 is 1.03 bits per heavy atom. The molecular weight excluding hydrogens is 488 g/mol. The van der Waals surface area contributed by atoms with Crippen LogP contribution in [0.3, 0.4) is 0 Å². The molecule has 0 radical (unpaired) electrons. The van der Waals surface area contributed by atoms with Crippen molar-refractivity contribution in [2.45, 2.75) is 38.2 Å². The van der Waals surface area contributed by atoms with Crippen LogP contribution in [0.2, 0.25) is 0 Å². The number of hydrogen-bond acceptors (Lipinski definition) is 6. The second-order valence-corrected chi connectivity index (χ2v) is 11.6. The number of nitriles is 1. The van der Waals surface area contributed by atoms with Crippen LogP contribution in [0.4, 0.5) is 5.69 Å². The Bertz CT molecular complexity index is 1630. The average Bonchev–Trinajstić information content (AvgIpc) is 2.85. The van der Waals surface area contributed by atoms with E-state index in [2.05, 4.69) is 34.8 Å². The van der Waals surface area contributed by atoms with Gasteiger partial charge in [-0.15, -0.1) is 0 Å². The minimum Gasteiger partial charge on any atom is -0.364 e. The third kappa shape index (κ3) is 4.56. The number of aromatic amines is 1. The molecule has 37 heavy (non-hydrogen) atoms. The Labute approximate surface area is 216 Å². The number of anilines is 1. The molecule has 5 rings (SSSR count). The summed E-state index contributed by atoms with van der Waals surface area (Å²) in [4.78, 5) is 17.4. The molecule has 2 atom stereocenters. The van der Waals surface area contributed by atoms with E-state index in [1.165, 1.54) is 8.65 Å². The highest BCUT2D eigenvalue weighted by atomic mass is 32.2. The lowest BCUT2D eigenvalue weighted by Gasteiger charge is -2.46. The predicted octanol–water partition coefficient (Wildman–Crippen LogP) is 3.02. The quantitative estimate of drug-likeness (QED) is 0.421. The molecular formula is C27H30N6O3S. The van der Waals surface area contributed by atoms with Gasteiger partial charge in [-0.05, 0) is 25.5 Å². The minimum atomic E-state index is -3.50. The van der Waals surface area contributed by atoms with E-state index in [0.717, 1.165) is 22.2 Å². The first-order chi connectivity index (χ1) is 17.7. The van der Waals surface area contributed by atoms with E-state index in [1.54, 1.807) is 25.4 Å². The summed E-state index contributed by atoms with van der Waals surface area (Å²) < 4.78 is 28.1. The maximum Gasteiger partial charge on any atom is 0.270 e. The summed E-state index contributed by atoms with van der Waals surface area (Å²) >= 11 is 0. The van der Waals surface area contributed by atoms with E-state index in [9.17, 15) is 18.5 Å². The van der Waals surface area contributed by atoms with E-state index in [0.29, 0.717) is 25.3 Å². The van der Waals surface area contributed by atoms with Gasteiger partial charge in [0.05, 0.1) is 28.8 Å².